The Morgan fingerprint density at radius 3 is 2.81 bits per heavy atom. The predicted molar refractivity (Wildman–Crippen MR) is 82.2 cm³/mol. The van der Waals surface area contributed by atoms with E-state index in [0.29, 0.717) is 13.2 Å². The van der Waals surface area contributed by atoms with Crippen molar-refractivity contribution < 1.29 is 9.53 Å². The van der Waals surface area contributed by atoms with Gasteiger partial charge in [-0.05, 0) is 36.1 Å². The molecule has 2 aromatic carbocycles. The number of nitrogens with one attached hydrogen (secondary N) is 1. The summed E-state index contributed by atoms with van der Waals surface area (Å²) in [6.45, 7) is 3.09. The zero-order chi connectivity index (χ0) is 14.7. The highest BCUT2D eigenvalue weighted by Crippen LogP contribution is 2.26. The van der Waals surface area contributed by atoms with Crippen molar-refractivity contribution in [1.82, 2.24) is 5.32 Å². The fourth-order valence-electron chi connectivity index (χ4n) is 2.63. The van der Waals surface area contributed by atoms with E-state index in [1.807, 2.05) is 42.5 Å². The summed E-state index contributed by atoms with van der Waals surface area (Å²) in [6, 6.07) is 16.0. The zero-order valence-corrected chi connectivity index (χ0v) is 12.1. The third kappa shape index (κ3) is 3.07. The standard InChI is InChI=1S/C18H19NO2/c1-13-6-2-3-8-15(13)11-19-18(20)16-10-14-7-4-5-9-17(14)21-12-16/h2-9,16H,10-12H2,1H3,(H,19,20)/t16-/m0/s1. The minimum absolute atomic E-state index is 0.0627. The Balaban J connectivity index is 1.61. The molecule has 1 heterocycles. The average molecular weight is 281 g/mol. The highest BCUT2D eigenvalue weighted by molar-refractivity contribution is 5.79. The van der Waals surface area contributed by atoms with Crippen molar-refractivity contribution in [1.29, 1.82) is 0 Å². The number of carbonyl (C=O) groups excluding carboxylic acids is 1. The summed E-state index contributed by atoms with van der Waals surface area (Å²) in [6.07, 6.45) is 0.746. The van der Waals surface area contributed by atoms with Gasteiger partial charge in [-0.2, -0.15) is 0 Å². The van der Waals surface area contributed by atoms with Gasteiger partial charge in [0.15, 0.2) is 0 Å². The van der Waals surface area contributed by atoms with Crippen molar-refractivity contribution >= 4 is 5.91 Å². The molecule has 0 unspecified atom stereocenters. The second kappa shape index (κ2) is 6.00. The molecule has 3 nitrogen and oxygen atoms in total. The number of benzene rings is 2. The molecule has 1 amide bonds. The number of hydrogen-bond donors (Lipinski definition) is 1. The number of ether oxygens (including phenoxy) is 1. The van der Waals surface area contributed by atoms with Gasteiger partial charge in [0.2, 0.25) is 5.91 Å². The first-order valence-electron chi connectivity index (χ1n) is 7.27. The molecule has 0 bridgehead atoms. The number of aryl methyl sites for hydroxylation is 1. The molecule has 0 saturated heterocycles. The zero-order valence-electron chi connectivity index (χ0n) is 12.1. The first-order valence-corrected chi connectivity index (χ1v) is 7.27. The second-order valence-corrected chi connectivity index (χ2v) is 5.46. The molecule has 0 spiro atoms. The fourth-order valence-corrected chi connectivity index (χ4v) is 2.63. The minimum Gasteiger partial charge on any atom is -0.492 e. The monoisotopic (exact) mass is 281 g/mol. The predicted octanol–water partition coefficient (Wildman–Crippen LogP) is 2.86. The molecule has 0 aliphatic carbocycles. The van der Waals surface area contributed by atoms with Crippen LogP contribution in [0.1, 0.15) is 16.7 Å². The van der Waals surface area contributed by atoms with Crippen molar-refractivity contribution in [3.05, 3.63) is 65.2 Å². The van der Waals surface area contributed by atoms with Gasteiger partial charge >= 0.3 is 0 Å². The summed E-state index contributed by atoms with van der Waals surface area (Å²) < 4.78 is 5.67. The van der Waals surface area contributed by atoms with E-state index < -0.39 is 0 Å². The molecule has 1 aliphatic heterocycles. The van der Waals surface area contributed by atoms with Gasteiger partial charge in [-0.3, -0.25) is 4.79 Å². The van der Waals surface area contributed by atoms with Crippen molar-refractivity contribution in [2.45, 2.75) is 19.9 Å². The molecular weight excluding hydrogens is 262 g/mol. The molecular formula is C18H19NO2. The van der Waals surface area contributed by atoms with Gasteiger partial charge in [0.1, 0.15) is 12.4 Å². The quantitative estimate of drug-likeness (QED) is 0.939. The Hall–Kier alpha value is -2.29. The van der Waals surface area contributed by atoms with Crippen LogP contribution in [0.15, 0.2) is 48.5 Å². The highest BCUT2D eigenvalue weighted by atomic mass is 16.5. The van der Waals surface area contributed by atoms with Crippen LogP contribution in [-0.2, 0) is 17.8 Å². The van der Waals surface area contributed by atoms with Crippen LogP contribution >= 0.6 is 0 Å². The van der Waals surface area contributed by atoms with Crippen molar-refractivity contribution in [2.75, 3.05) is 6.61 Å². The van der Waals surface area contributed by atoms with Gasteiger partial charge in [-0.1, -0.05) is 42.5 Å². The van der Waals surface area contributed by atoms with Crippen LogP contribution in [0.2, 0.25) is 0 Å². The molecule has 0 saturated carbocycles. The highest BCUT2D eigenvalue weighted by Gasteiger charge is 2.25. The molecule has 3 rings (SSSR count). The lowest BCUT2D eigenvalue weighted by atomic mass is 9.96. The SMILES string of the molecule is Cc1ccccc1CNC(=O)[C@@H]1COc2ccccc2C1. The Morgan fingerprint density at radius 1 is 1.19 bits per heavy atom. The number of para-hydroxylation sites is 1. The number of carbonyl (C=O) groups is 1. The first kappa shape index (κ1) is 13.7. The summed E-state index contributed by atoms with van der Waals surface area (Å²) >= 11 is 0. The van der Waals surface area contributed by atoms with Crippen LogP contribution in [0.3, 0.4) is 0 Å². The third-order valence-corrected chi connectivity index (χ3v) is 3.96. The van der Waals surface area contributed by atoms with Crippen LogP contribution in [0.25, 0.3) is 0 Å². The average Bonchev–Trinajstić information content (AvgIpc) is 2.53. The molecule has 1 N–H and O–H groups in total. The van der Waals surface area contributed by atoms with E-state index in [-0.39, 0.29) is 11.8 Å². The van der Waals surface area contributed by atoms with Crippen LogP contribution in [0.5, 0.6) is 5.75 Å². The number of hydrogen-bond acceptors (Lipinski definition) is 2. The van der Waals surface area contributed by atoms with E-state index in [0.717, 1.165) is 23.3 Å². The summed E-state index contributed by atoms with van der Waals surface area (Å²) in [4.78, 5) is 12.3. The summed E-state index contributed by atoms with van der Waals surface area (Å²) in [5.74, 6) is 0.858. The molecule has 0 radical (unpaired) electrons. The maximum absolute atomic E-state index is 12.3. The maximum atomic E-state index is 12.3. The lowest BCUT2D eigenvalue weighted by molar-refractivity contribution is -0.126. The third-order valence-electron chi connectivity index (χ3n) is 3.96. The van der Waals surface area contributed by atoms with Gasteiger partial charge in [-0.25, -0.2) is 0 Å². The summed E-state index contributed by atoms with van der Waals surface area (Å²) in [5, 5.41) is 3.02. The van der Waals surface area contributed by atoms with Gasteiger partial charge < -0.3 is 10.1 Å². The van der Waals surface area contributed by atoms with Gasteiger partial charge in [0, 0.05) is 6.54 Å². The first-order chi connectivity index (χ1) is 10.2. The normalized spacial score (nSPS) is 16.7. The summed E-state index contributed by atoms with van der Waals surface area (Å²) in [5.41, 5.74) is 3.46. The number of amides is 1. The molecule has 2 aromatic rings. The fraction of sp³-hybridized carbons (Fsp3) is 0.278. The molecule has 1 aliphatic rings. The Bertz CT molecular complexity index is 651. The molecule has 3 heteroatoms. The summed E-state index contributed by atoms with van der Waals surface area (Å²) in [7, 11) is 0. The largest absolute Gasteiger partial charge is 0.492 e. The lowest BCUT2D eigenvalue weighted by Gasteiger charge is -2.24. The van der Waals surface area contributed by atoms with Gasteiger partial charge in [0.25, 0.3) is 0 Å². The van der Waals surface area contributed by atoms with E-state index >= 15 is 0 Å². The Kier molecular flexibility index (Phi) is 3.91. The molecule has 0 aromatic heterocycles. The van der Waals surface area contributed by atoms with Gasteiger partial charge in [-0.15, -0.1) is 0 Å². The van der Waals surface area contributed by atoms with E-state index in [4.69, 9.17) is 4.74 Å². The molecule has 1 atom stereocenters. The number of fused-ring (bicyclic) bond motifs is 1. The second-order valence-electron chi connectivity index (χ2n) is 5.46. The Morgan fingerprint density at radius 2 is 1.95 bits per heavy atom. The lowest BCUT2D eigenvalue weighted by Crippen LogP contribution is -2.37. The van der Waals surface area contributed by atoms with Crippen molar-refractivity contribution in [3.8, 4) is 5.75 Å². The maximum Gasteiger partial charge on any atom is 0.227 e. The molecule has 0 fully saturated rings. The topological polar surface area (TPSA) is 38.3 Å². The van der Waals surface area contributed by atoms with E-state index in [2.05, 4.69) is 18.3 Å². The number of rotatable bonds is 3. The minimum atomic E-state index is -0.107. The molecule has 108 valence electrons. The van der Waals surface area contributed by atoms with Crippen molar-refractivity contribution in [3.63, 3.8) is 0 Å². The Labute approximate surface area is 124 Å². The van der Waals surface area contributed by atoms with Crippen LogP contribution in [0.4, 0.5) is 0 Å². The van der Waals surface area contributed by atoms with Crippen molar-refractivity contribution in [2.24, 2.45) is 5.92 Å². The molecule has 21 heavy (non-hydrogen) atoms. The van der Waals surface area contributed by atoms with Crippen LogP contribution in [0, 0.1) is 12.8 Å². The smallest absolute Gasteiger partial charge is 0.227 e. The van der Waals surface area contributed by atoms with E-state index in [1.54, 1.807) is 0 Å². The van der Waals surface area contributed by atoms with E-state index in [9.17, 15) is 4.79 Å². The van der Waals surface area contributed by atoms with Crippen LogP contribution in [-0.4, -0.2) is 12.5 Å². The van der Waals surface area contributed by atoms with Crippen LogP contribution < -0.4 is 10.1 Å². The van der Waals surface area contributed by atoms with Gasteiger partial charge in [0.05, 0.1) is 5.92 Å². The van der Waals surface area contributed by atoms with E-state index in [1.165, 1.54) is 5.56 Å².